The number of pyridine rings is 1. The first-order chi connectivity index (χ1) is 18.0. The van der Waals surface area contributed by atoms with E-state index in [2.05, 4.69) is 15.3 Å². The highest BCUT2D eigenvalue weighted by Gasteiger charge is 2.19. The Bertz CT molecular complexity index is 1490. The molecule has 5 rings (SSSR count). The number of amides is 3. The van der Waals surface area contributed by atoms with Crippen molar-refractivity contribution in [3.05, 3.63) is 89.7 Å². The number of aromatic nitrogens is 2. The van der Waals surface area contributed by atoms with E-state index in [-0.39, 0.29) is 18.2 Å². The van der Waals surface area contributed by atoms with E-state index >= 15 is 0 Å². The van der Waals surface area contributed by atoms with Gasteiger partial charge in [0.15, 0.2) is 0 Å². The molecular formula is C29H27N5O3. The lowest BCUT2D eigenvalue weighted by molar-refractivity contribution is -0.119. The van der Waals surface area contributed by atoms with Crippen LogP contribution in [0.2, 0.25) is 0 Å². The second kappa shape index (κ2) is 10.5. The van der Waals surface area contributed by atoms with Gasteiger partial charge >= 0.3 is 0 Å². The fraction of sp³-hybridized carbons (Fsp3) is 0.172. The first kappa shape index (κ1) is 24.0. The molecule has 0 spiro atoms. The average molecular weight is 494 g/mol. The smallest absolute Gasteiger partial charge is 0.249 e. The van der Waals surface area contributed by atoms with Crippen molar-refractivity contribution in [3.63, 3.8) is 0 Å². The predicted octanol–water partition coefficient (Wildman–Crippen LogP) is 4.29. The largest absolute Gasteiger partial charge is 0.366 e. The molecule has 0 atom stereocenters. The van der Waals surface area contributed by atoms with Crippen LogP contribution in [0.1, 0.15) is 36.0 Å². The molecule has 4 N–H and O–H groups in total. The van der Waals surface area contributed by atoms with E-state index in [0.717, 1.165) is 47.2 Å². The lowest BCUT2D eigenvalue weighted by Crippen LogP contribution is -2.35. The maximum absolute atomic E-state index is 12.7. The predicted molar refractivity (Wildman–Crippen MR) is 145 cm³/mol. The number of rotatable bonds is 7. The van der Waals surface area contributed by atoms with Gasteiger partial charge in [0.2, 0.25) is 17.7 Å². The summed E-state index contributed by atoms with van der Waals surface area (Å²) in [5.74, 6) is -0.573. The molecule has 1 aliphatic rings. The number of carbonyl (C=O) groups is 3. The van der Waals surface area contributed by atoms with Crippen molar-refractivity contribution in [2.24, 2.45) is 5.73 Å². The number of hydrogen-bond donors (Lipinski definition) is 3. The Balaban J connectivity index is 1.31. The molecule has 3 heterocycles. The van der Waals surface area contributed by atoms with Gasteiger partial charge in [-0.05, 0) is 48.2 Å². The van der Waals surface area contributed by atoms with Crippen LogP contribution >= 0.6 is 0 Å². The molecular weight excluding hydrogens is 466 g/mol. The number of hydrogen-bond acceptors (Lipinski definition) is 4. The molecule has 8 heteroatoms. The zero-order valence-electron chi connectivity index (χ0n) is 20.2. The van der Waals surface area contributed by atoms with Crippen molar-refractivity contribution in [2.75, 3.05) is 16.8 Å². The van der Waals surface area contributed by atoms with Crippen LogP contribution in [0.15, 0.2) is 73.1 Å². The fourth-order valence-electron chi connectivity index (χ4n) is 4.54. The number of nitrogens with zero attached hydrogens (tertiary/aromatic N) is 2. The molecule has 1 aliphatic heterocycles. The Morgan fingerprint density at radius 1 is 1.08 bits per heavy atom. The number of benzene rings is 2. The van der Waals surface area contributed by atoms with E-state index in [1.807, 2.05) is 60.7 Å². The highest BCUT2D eigenvalue weighted by atomic mass is 16.2. The second-order valence-corrected chi connectivity index (χ2v) is 9.05. The van der Waals surface area contributed by atoms with E-state index in [1.165, 1.54) is 0 Å². The number of anilines is 2. The molecule has 8 nitrogen and oxygen atoms in total. The number of H-pyrrole nitrogens is 1. The topological polar surface area (TPSA) is 121 Å². The van der Waals surface area contributed by atoms with Crippen molar-refractivity contribution in [1.29, 1.82) is 0 Å². The number of piperidine rings is 1. The Hall–Kier alpha value is -4.72. The average Bonchev–Trinajstić information content (AvgIpc) is 3.30. The third-order valence-corrected chi connectivity index (χ3v) is 6.43. The van der Waals surface area contributed by atoms with E-state index in [9.17, 15) is 14.4 Å². The van der Waals surface area contributed by atoms with Crippen molar-refractivity contribution < 1.29 is 14.4 Å². The summed E-state index contributed by atoms with van der Waals surface area (Å²) in [7, 11) is 0. The molecule has 186 valence electrons. The standard InChI is InChI=1S/C29H27N5O3/c30-28(37)24(20-6-2-1-3-7-20)15-21-17-31-29-25(21)16-22(18-32-29)33-26(35)14-19-9-11-23(12-10-19)34-13-5-4-8-27(34)36/h1-3,6-7,9-12,15-18H,4-5,8,13-14H2,(H2,30,37)(H,31,32)(H,33,35). The number of carbonyl (C=O) groups excluding carboxylic acids is 3. The van der Waals surface area contributed by atoms with Gasteiger partial charge < -0.3 is 20.9 Å². The Labute approximate surface area is 214 Å². The SMILES string of the molecule is NC(=O)C(=Cc1c[nH]c2ncc(NC(=O)Cc3ccc(N4CCCCC4=O)cc3)cc12)c1ccccc1. The Kier molecular flexibility index (Phi) is 6.81. The highest BCUT2D eigenvalue weighted by Crippen LogP contribution is 2.26. The molecule has 1 saturated heterocycles. The molecule has 0 unspecified atom stereocenters. The number of nitrogens with two attached hydrogens (primary N) is 1. The minimum atomic E-state index is -0.534. The first-order valence-corrected chi connectivity index (χ1v) is 12.2. The van der Waals surface area contributed by atoms with Crippen LogP contribution in [-0.4, -0.2) is 34.2 Å². The lowest BCUT2D eigenvalue weighted by Gasteiger charge is -2.26. The van der Waals surface area contributed by atoms with Crippen molar-refractivity contribution in [1.82, 2.24) is 9.97 Å². The third kappa shape index (κ3) is 5.43. The first-order valence-electron chi connectivity index (χ1n) is 12.2. The summed E-state index contributed by atoms with van der Waals surface area (Å²) in [6, 6.07) is 18.6. The minimum absolute atomic E-state index is 0.144. The molecule has 1 fully saturated rings. The van der Waals surface area contributed by atoms with E-state index in [1.54, 1.807) is 23.4 Å². The van der Waals surface area contributed by atoms with E-state index < -0.39 is 5.91 Å². The molecule has 0 saturated carbocycles. The monoisotopic (exact) mass is 493 g/mol. The lowest BCUT2D eigenvalue weighted by atomic mass is 10.0. The van der Waals surface area contributed by atoms with Crippen LogP contribution < -0.4 is 16.0 Å². The molecule has 2 aromatic heterocycles. The Morgan fingerprint density at radius 3 is 2.59 bits per heavy atom. The summed E-state index contributed by atoms with van der Waals surface area (Å²) in [4.78, 5) is 46.3. The molecule has 0 aliphatic carbocycles. The number of nitrogens with one attached hydrogen (secondary N) is 2. The maximum atomic E-state index is 12.7. The van der Waals surface area contributed by atoms with Gasteiger partial charge in [0.1, 0.15) is 5.65 Å². The van der Waals surface area contributed by atoms with Gasteiger partial charge in [-0.15, -0.1) is 0 Å². The number of primary amides is 1. The van der Waals surface area contributed by atoms with Gasteiger partial charge in [-0.25, -0.2) is 4.98 Å². The molecule has 4 aromatic rings. The summed E-state index contributed by atoms with van der Waals surface area (Å²) in [6.07, 6.45) is 7.77. The minimum Gasteiger partial charge on any atom is -0.366 e. The van der Waals surface area contributed by atoms with Gasteiger partial charge in [0.05, 0.1) is 18.3 Å². The summed E-state index contributed by atoms with van der Waals surface area (Å²) >= 11 is 0. The van der Waals surface area contributed by atoms with Crippen LogP contribution in [0, 0.1) is 0 Å². The molecule has 37 heavy (non-hydrogen) atoms. The molecule has 3 amide bonds. The third-order valence-electron chi connectivity index (χ3n) is 6.43. The molecule has 0 radical (unpaired) electrons. The van der Waals surface area contributed by atoms with Crippen LogP contribution in [0.5, 0.6) is 0 Å². The van der Waals surface area contributed by atoms with Crippen molar-refractivity contribution in [3.8, 4) is 0 Å². The highest BCUT2D eigenvalue weighted by molar-refractivity contribution is 6.24. The fourth-order valence-corrected chi connectivity index (χ4v) is 4.54. The maximum Gasteiger partial charge on any atom is 0.249 e. The zero-order chi connectivity index (χ0) is 25.8. The molecule has 2 aromatic carbocycles. The Morgan fingerprint density at radius 2 is 1.86 bits per heavy atom. The summed E-state index contributed by atoms with van der Waals surface area (Å²) in [5.41, 5.74) is 10.4. The van der Waals surface area contributed by atoms with Crippen LogP contribution in [0.3, 0.4) is 0 Å². The van der Waals surface area contributed by atoms with Gasteiger partial charge in [0, 0.05) is 41.4 Å². The normalized spacial score (nSPS) is 14.1. The van der Waals surface area contributed by atoms with E-state index in [4.69, 9.17) is 5.73 Å². The summed E-state index contributed by atoms with van der Waals surface area (Å²) in [6.45, 7) is 0.733. The van der Waals surface area contributed by atoms with Crippen LogP contribution in [0.25, 0.3) is 22.7 Å². The van der Waals surface area contributed by atoms with Crippen LogP contribution in [-0.2, 0) is 20.8 Å². The van der Waals surface area contributed by atoms with Gasteiger partial charge in [0.25, 0.3) is 0 Å². The van der Waals surface area contributed by atoms with Gasteiger partial charge in [-0.2, -0.15) is 0 Å². The van der Waals surface area contributed by atoms with Crippen molar-refractivity contribution in [2.45, 2.75) is 25.7 Å². The second-order valence-electron chi connectivity index (χ2n) is 9.05. The van der Waals surface area contributed by atoms with E-state index in [0.29, 0.717) is 23.3 Å². The summed E-state index contributed by atoms with van der Waals surface area (Å²) in [5, 5.41) is 3.65. The zero-order valence-corrected chi connectivity index (χ0v) is 20.2. The number of fused-ring (bicyclic) bond motifs is 1. The van der Waals surface area contributed by atoms with Crippen molar-refractivity contribution >= 4 is 51.8 Å². The van der Waals surface area contributed by atoms with Gasteiger partial charge in [-0.1, -0.05) is 42.5 Å². The molecule has 0 bridgehead atoms. The quantitative estimate of drug-likeness (QED) is 0.333. The number of aromatic amines is 1. The summed E-state index contributed by atoms with van der Waals surface area (Å²) < 4.78 is 0. The van der Waals surface area contributed by atoms with Crippen LogP contribution in [0.4, 0.5) is 11.4 Å². The van der Waals surface area contributed by atoms with Gasteiger partial charge in [-0.3, -0.25) is 14.4 Å².